The molecule has 0 atom stereocenters. The van der Waals surface area contributed by atoms with Gasteiger partial charge in [0.1, 0.15) is 0 Å². The Kier molecular flexibility index (Phi) is 24.1. The van der Waals surface area contributed by atoms with Gasteiger partial charge in [0, 0.05) is 0 Å². The Hall–Kier alpha value is -16.9. The third-order valence-corrected chi connectivity index (χ3v) is 30.4. The number of hydrogen-bond donors (Lipinski definition) is 0. The number of rotatable bonds is 21. The molecule has 626 valence electrons. The smallest absolute Gasteiger partial charge is 0.0623 e. The van der Waals surface area contributed by atoms with Crippen molar-refractivity contribution < 1.29 is 0 Å². The highest BCUT2D eigenvalue weighted by Crippen LogP contribution is 2.44. The van der Waals surface area contributed by atoms with Gasteiger partial charge in [-0.25, -0.2) is 0 Å². The van der Waals surface area contributed by atoms with Crippen LogP contribution in [0.5, 0.6) is 0 Å². The highest BCUT2D eigenvalue weighted by molar-refractivity contribution is 7.20. The molecule has 0 unspecified atom stereocenters. The van der Waals surface area contributed by atoms with Gasteiger partial charge in [-0.05, 0) is 319 Å². The normalized spacial score (nSPS) is 11.2. The molecule has 0 saturated carbocycles. The average Bonchev–Trinajstić information content (AvgIpc) is 0.719. The van der Waals surface area contributed by atoms with E-state index in [1.807, 2.05) is 0 Å². The molecule has 0 amide bonds. The molecular weight excluding hydrogens is 1610 g/mol. The molecule has 0 heterocycles. The van der Waals surface area contributed by atoms with E-state index in [-0.39, 0.29) is 0 Å². The Balaban J connectivity index is 0.000000163. The molecule has 0 fully saturated rings. The van der Waals surface area contributed by atoms with Crippen molar-refractivity contribution in [1.82, 2.24) is 0 Å². The Morgan fingerprint density at radius 2 is 0.165 bits per heavy atom. The fraction of sp³-hybridized carbons (Fsp3) is 0. The molecule has 22 aromatic carbocycles. The van der Waals surface area contributed by atoms with E-state index in [1.54, 1.807) is 0 Å². The zero-order valence-electron chi connectivity index (χ0n) is 73.8. The van der Waals surface area contributed by atoms with E-state index < -0.39 is 8.07 Å². The van der Waals surface area contributed by atoms with Crippen molar-refractivity contribution in [2.24, 2.45) is 0 Å². The third kappa shape index (κ3) is 18.4. The van der Waals surface area contributed by atoms with Crippen molar-refractivity contribution in [2.45, 2.75) is 0 Å². The molecule has 0 radical (unpaired) electrons. The maximum absolute atomic E-state index is 3.27. The summed E-state index contributed by atoms with van der Waals surface area (Å²) in [5.74, 6) is 0. The van der Waals surface area contributed by atoms with Crippen LogP contribution in [0.2, 0.25) is 0 Å². The lowest BCUT2D eigenvalue weighted by Crippen LogP contribution is -2.74. The molecule has 22 aromatic rings. The molecule has 0 aliphatic heterocycles. The van der Waals surface area contributed by atoms with E-state index in [0.29, 0.717) is 0 Å². The molecule has 0 aliphatic carbocycles. The lowest BCUT2D eigenvalue weighted by Gasteiger charge is -2.36. The molecule has 0 N–H and O–H groups in total. The molecule has 0 saturated heterocycles. The first kappa shape index (κ1) is 83.0. The maximum atomic E-state index is 2.53. The van der Waals surface area contributed by atoms with Gasteiger partial charge in [-0.2, -0.15) is 0 Å². The van der Waals surface area contributed by atoms with Gasteiger partial charge in [0.15, 0.2) is 8.07 Å². The largest absolute Gasteiger partial charge is 0.179 e. The summed E-state index contributed by atoms with van der Waals surface area (Å²) in [4.78, 5) is 0. The van der Waals surface area contributed by atoms with Crippen LogP contribution < -0.4 is 20.7 Å². The Morgan fingerprint density at radius 3 is 0.316 bits per heavy atom. The summed E-state index contributed by atoms with van der Waals surface area (Å²) in [6.07, 6.45) is 0. The fourth-order valence-electron chi connectivity index (χ4n) is 19.1. The summed E-state index contributed by atoms with van der Waals surface area (Å²) < 4.78 is 0. The van der Waals surface area contributed by atoms with E-state index >= 15 is 0 Å². The van der Waals surface area contributed by atoms with Crippen molar-refractivity contribution >= 4 is 28.8 Å². The van der Waals surface area contributed by atoms with Gasteiger partial charge in [-0.3, -0.25) is 0 Å². The van der Waals surface area contributed by atoms with Crippen LogP contribution in [0.25, 0.3) is 189 Å². The molecule has 22 rings (SSSR count). The molecule has 133 heavy (non-hydrogen) atoms. The van der Waals surface area contributed by atoms with Gasteiger partial charge in [0.05, 0.1) is 0 Å². The Morgan fingerprint density at radius 1 is 0.0677 bits per heavy atom. The minimum absolute atomic E-state index is 1.16. The SMILES string of the molecule is c1ccc(-c2cc(-c3ccccc3)cc(-c3cc(-c4cc(-c5ccccc5)cc(-c5ccccc5)c4)cc(-c4cc(-c5ccccc5)cc(-c5ccccc5)c4)c3)c2)cc1.c1ccc(-c2cccc(-c3cc(-c4cccc(-c5ccccc5)c4)cc([Si](c4ccccc4)(c4ccccc4)c4cc(-c5cccc(-c6ccccc6)c5)cc(-c5cccc(-c6ccccc6)c5)c4)c3)c2)cc1. The van der Waals surface area contributed by atoms with Gasteiger partial charge in [-0.1, -0.05) is 461 Å². The first-order chi connectivity index (χ1) is 65.8. The molecular formula is C132H94Si. The zero-order chi connectivity index (χ0) is 88.9. The average molecular weight is 1710 g/mol. The molecule has 0 aliphatic rings. The second-order valence-electron chi connectivity index (χ2n) is 34.3. The Labute approximate surface area is 782 Å². The van der Waals surface area contributed by atoms with Gasteiger partial charge in [-0.15, -0.1) is 0 Å². The van der Waals surface area contributed by atoms with E-state index in [4.69, 9.17) is 0 Å². The van der Waals surface area contributed by atoms with Gasteiger partial charge in [0.25, 0.3) is 0 Å². The van der Waals surface area contributed by atoms with Crippen molar-refractivity contribution in [3.8, 4) is 189 Å². The van der Waals surface area contributed by atoms with Crippen molar-refractivity contribution in [3.05, 3.63) is 570 Å². The highest BCUT2D eigenvalue weighted by atomic mass is 28.3. The second-order valence-corrected chi connectivity index (χ2v) is 38.1. The van der Waals surface area contributed by atoms with Gasteiger partial charge in [0.2, 0.25) is 0 Å². The lowest BCUT2D eigenvalue weighted by atomic mass is 9.87. The molecule has 0 aromatic heterocycles. The van der Waals surface area contributed by atoms with Crippen molar-refractivity contribution in [2.75, 3.05) is 0 Å². The number of benzene rings is 22. The first-order valence-corrected chi connectivity index (χ1v) is 47.9. The van der Waals surface area contributed by atoms with E-state index in [1.165, 1.54) is 193 Å². The van der Waals surface area contributed by atoms with Crippen LogP contribution in [0, 0.1) is 0 Å². The molecule has 1 heteroatoms. The Bertz CT molecular complexity index is 6790. The van der Waals surface area contributed by atoms with Crippen LogP contribution in [-0.2, 0) is 0 Å². The quantitative estimate of drug-likeness (QED) is 0.0497. The summed E-state index contributed by atoms with van der Waals surface area (Å²) in [6.45, 7) is 0. The summed E-state index contributed by atoms with van der Waals surface area (Å²) >= 11 is 0. The highest BCUT2D eigenvalue weighted by Gasteiger charge is 2.43. The van der Waals surface area contributed by atoms with Crippen LogP contribution in [-0.4, -0.2) is 8.07 Å². The minimum atomic E-state index is -3.27. The summed E-state index contributed by atoms with van der Waals surface area (Å²) in [7, 11) is -3.27. The lowest BCUT2D eigenvalue weighted by molar-refractivity contribution is 1.53. The third-order valence-electron chi connectivity index (χ3n) is 25.7. The monoisotopic (exact) mass is 1710 g/mol. The summed E-state index contributed by atoms with van der Waals surface area (Å²) in [6, 6.07) is 210. The van der Waals surface area contributed by atoms with Crippen molar-refractivity contribution in [3.63, 3.8) is 0 Å². The number of hydrogen-bond acceptors (Lipinski definition) is 0. The van der Waals surface area contributed by atoms with Crippen LogP contribution in [0.1, 0.15) is 0 Å². The van der Waals surface area contributed by atoms with Crippen LogP contribution in [0.3, 0.4) is 0 Å². The first-order valence-electron chi connectivity index (χ1n) is 45.9. The van der Waals surface area contributed by atoms with Crippen LogP contribution in [0.15, 0.2) is 570 Å². The molecule has 0 nitrogen and oxygen atoms in total. The predicted octanol–water partition coefficient (Wildman–Crippen LogP) is 33.1. The summed E-state index contributed by atoms with van der Waals surface area (Å²) in [5, 5.41) is 5.26. The standard InChI is InChI=1S/C72H52Si.C60H42/c1-7-23-53(24-8-1)57-31-19-35-61(43-57)65-47-66(62-36-20-32-58(44-62)54-25-9-2-10-26-54)50-71(49-65)73(69-39-15-5-16-40-69,70-41-17-6-18-42-70)72-51-67(63-37-21-33-59(45-63)55-27-11-3-12-28-55)48-68(52-72)64-38-22-34-60(46-64)56-29-13-4-14-30-56;1-7-19-43(20-8-1)49-31-50(44-21-9-2-10-22-44)35-55(34-49)58-40-59(56-36-51(45-23-11-3-12-24-45)32-52(37-56)46-25-13-4-14-26-46)42-60(41-58)57-38-53(47-27-15-5-16-28-47)33-54(39-57)48-29-17-6-18-30-48/h1-52H;1-42H. The molecule has 0 bridgehead atoms. The summed E-state index contributed by atoms with van der Waals surface area (Å²) in [5.41, 5.74) is 40.3. The molecule has 0 spiro atoms. The van der Waals surface area contributed by atoms with Crippen LogP contribution >= 0.6 is 0 Å². The maximum Gasteiger partial charge on any atom is 0.179 e. The van der Waals surface area contributed by atoms with E-state index in [2.05, 4.69) is 570 Å². The zero-order valence-corrected chi connectivity index (χ0v) is 74.8. The topological polar surface area (TPSA) is 0 Å². The predicted molar refractivity (Wildman–Crippen MR) is 569 cm³/mol. The van der Waals surface area contributed by atoms with Gasteiger partial charge < -0.3 is 0 Å². The van der Waals surface area contributed by atoms with E-state index in [9.17, 15) is 0 Å². The van der Waals surface area contributed by atoms with Crippen LogP contribution in [0.4, 0.5) is 0 Å². The second kappa shape index (κ2) is 38.5. The minimum Gasteiger partial charge on any atom is -0.0623 e. The van der Waals surface area contributed by atoms with Gasteiger partial charge >= 0.3 is 0 Å². The van der Waals surface area contributed by atoms with E-state index in [0.717, 1.165) is 16.7 Å². The van der Waals surface area contributed by atoms with Crippen molar-refractivity contribution in [1.29, 1.82) is 0 Å². The fourth-order valence-corrected chi connectivity index (χ4v) is 23.9.